The lowest BCUT2D eigenvalue weighted by Gasteiger charge is -2.08. The van der Waals surface area contributed by atoms with Crippen molar-refractivity contribution in [2.75, 3.05) is 18.5 Å². The van der Waals surface area contributed by atoms with Crippen molar-refractivity contribution in [1.29, 1.82) is 0 Å². The number of ether oxygens (including phenoxy) is 1. The first kappa shape index (κ1) is 9.92. The van der Waals surface area contributed by atoms with E-state index in [9.17, 15) is 0 Å². The third-order valence-corrected chi connectivity index (χ3v) is 1.44. The summed E-state index contributed by atoms with van der Waals surface area (Å²) in [5.41, 5.74) is 0. The zero-order valence-electron chi connectivity index (χ0n) is 8.03. The van der Waals surface area contributed by atoms with E-state index < -0.39 is 0 Å². The monoisotopic (exact) mass is 181 g/mol. The molecule has 0 bridgehead atoms. The van der Waals surface area contributed by atoms with Gasteiger partial charge in [0.05, 0.1) is 12.7 Å². The number of rotatable bonds is 5. The highest BCUT2D eigenvalue weighted by Crippen LogP contribution is 1.96. The molecule has 0 aromatic carbocycles. The zero-order chi connectivity index (χ0) is 9.52. The molecule has 0 saturated heterocycles. The molecule has 1 heterocycles. The van der Waals surface area contributed by atoms with E-state index in [4.69, 9.17) is 4.74 Å². The molecule has 1 N–H and O–H groups in total. The van der Waals surface area contributed by atoms with Crippen LogP contribution in [-0.2, 0) is 4.74 Å². The van der Waals surface area contributed by atoms with Crippen molar-refractivity contribution in [2.45, 2.75) is 20.0 Å². The molecule has 0 aliphatic heterocycles. The SMILES string of the molecule is CC(C)OCCNc1ccncn1. The van der Waals surface area contributed by atoms with Crippen LogP contribution >= 0.6 is 0 Å². The van der Waals surface area contributed by atoms with Crippen LogP contribution in [0, 0.1) is 0 Å². The second kappa shape index (κ2) is 5.48. The van der Waals surface area contributed by atoms with Gasteiger partial charge in [0, 0.05) is 12.7 Å². The Bertz CT molecular complexity index is 226. The zero-order valence-corrected chi connectivity index (χ0v) is 8.03. The predicted molar refractivity (Wildman–Crippen MR) is 51.6 cm³/mol. The van der Waals surface area contributed by atoms with E-state index in [1.54, 1.807) is 6.20 Å². The molecule has 0 fully saturated rings. The molecule has 72 valence electrons. The van der Waals surface area contributed by atoms with Gasteiger partial charge in [-0.1, -0.05) is 0 Å². The van der Waals surface area contributed by atoms with Gasteiger partial charge in [0.2, 0.25) is 0 Å². The van der Waals surface area contributed by atoms with Crippen LogP contribution in [0.25, 0.3) is 0 Å². The third kappa shape index (κ3) is 4.42. The van der Waals surface area contributed by atoms with Gasteiger partial charge in [-0.15, -0.1) is 0 Å². The van der Waals surface area contributed by atoms with Crippen LogP contribution in [0.1, 0.15) is 13.8 Å². The number of nitrogens with one attached hydrogen (secondary N) is 1. The molecule has 0 amide bonds. The second-order valence-corrected chi connectivity index (χ2v) is 2.94. The van der Waals surface area contributed by atoms with Crippen LogP contribution in [0.4, 0.5) is 5.82 Å². The van der Waals surface area contributed by atoms with E-state index >= 15 is 0 Å². The van der Waals surface area contributed by atoms with E-state index in [0.29, 0.717) is 6.61 Å². The molecular weight excluding hydrogens is 166 g/mol. The maximum absolute atomic E-state index is 5.36. The summed E-state index contributed by atoms with van der Waals surface area (Å²) in [5.74, 6) is 0.836. The van der Waals surface area contributed by atoms with Gasteiger partial charge in [0.25, 0.3) is 0 Å². The van der Waals surface area contributed by atoms with Gasteiger partial charge in [-0.3, -0.25) is 0 Å². The summed E-state index contributed by atoms with van der Waals surface area (Å²) in [4.78, 5) is 7.84. The van der Waals surface area contributed by atoms with Gasteiger partial charge in [0.15, 0.2) is 0 Å². The van der Waals surface area contributed by atoms with Crippen molar-refractivity contribution in [2.24, 2.45) is 0 Å². The minimum atomic E-state index is 0.284. The lowest BCUT2D eigenvalue weighted by Crippen LogP contribution is -2.13. The van der Waals surface area contributed by atoms with Crippen molar-refractivity contribution in [3.05, 3.63) is 18.6 Å². The lowest BCUT2D eigenvalue weighted by molar-refractivity contribution is 0.0870. The minimum absolute atomic E-state index is 0.284. The summed E-state index contributed by atoms with van der Waals surface area (Å²) in [6.45, 7) is 5.51. The van der Waals surface area contributed by atoms with E-state index in [-0.39, 0.29) is 6.10 Å². The average molecular weight is 181 g/mol. The van der Waals surface area contributed by atoms with Crippen molar-refractivity contribution < 1.29 is 4.74 Å². The maximum Gasteiger partial charge on any atom is 0.129 e. The fraction of sp³-hybridized carbons (Fsp3) is 0.556. The largest absolute Gasteiger partial charge is 0.377 e. The van der Waals surface area contributed by atoms with Crippen molar-refractivity contribution in [1.82, 2.24) is 9.97 Å². The summed E-state index contributed by atoms with van der Waals surface area (Å²) in [5, 5.41) is 3.12. The molecule has 0 aliphatic rings. The van der Waals surface area contributed by atoms with Crippen molar-refractivity contribution in [3.63, 3.8) is 0 Å². The van der Waals surface area contributed by atoms with Gasteiger partial charge in [-0.2, -0.15) is 0 Å². The Balaban J connectivity index is 2.13. The number of aromatic nitrogens is 2. The molecule has 0 radical (unpaired) electrons. The maximum atomic E-state index is 5.36. The van der Waals surface area contributed by atoms with E-state index in [1.165, 1.54) is 6.33 Å². The Hall–Kier alpha value is -1.16. The summed E-state index contributed by atoms with van der Waals surface area (Å²) in [7, 11) is 0. The summed E-state index contributed by atoms with van der Waals surface area (Å²) >= 11 is 0. The summed E-state index contributed by atoms with van der Waals surface area (Å²) in [6, 6.07) is 1.83. The van der Waals surface area contributed by atoms with Gasteiger partial charge >= 0.3 is 0 Å². The Labute approximate surface area is 78.4 Å². The molecule has 0 aliphatic carbocycles. The van der Waals surface area contributed by atoms with Gasteiger partial charge in [0.1, 0.15) is 12.1 Å². The number of hydrogen-bond acceptors (Lipinski definition) is 4. The van der Waals surface area contributed by atoms with Crippen LogP contribution in [0.5, 0.6) is 0 Å². The normalized spacial score (nSPS) is 10.4. The first-order valence-corrected chi connectivity index (χ1v) is 4.40. The van der Waals surface area contributed by atoms with Crippen LogP contribution in [-0.4, -0.2) is 29.2 Å². The fourth-order valence-electron chi connectivity index (χ4n) is 0.869. The molecule has 0 spiro atoms. The highest BCUT2D eigenvalue weighted by atomic mass is 16.5. The van der Waals surface area contributed by atoms with Gasteiger partial charge in [-0.05, 0) is 19.9 Å². The quantitative estimate of drug-likeness (QED) is 0.696. The molecule has 4 nitrogen and oxygen atoms in total. The van der Waals surface area contributed by atoms with Crippen LogP contribution in [0.3, 0.4) is 0 Å². The van der Waals surface area contributed by atoms with Crippen molar-refractivity contribution in [3.8, 4) is 0 Å². The molecular formula is C9H15N3O. The average Bonchev–Trinajstić information content (AvgIpc) is 2.14. The van der Waals surface area contributed by atoms with E-state index in [1.807, 2.05) is 19.9 Å². The van der Waals surface area contributed by atoms with Crippen LogP contribution in [0.2, 0.25) is 0 Å². The minimum Gasteiger partial charge on any atom is -0.377 e. The second-order valence-electron chi connectivity index (χ2n) is 2.94. The molecule has 4 heteroatoms. The smallest absolute Gasteiger partial charge is 0.129 e. The molecule has 0 atom stereocenters. The van der Waals surface area contributed by atoms with Crippen LogP contribution < -0.4 is 5.32 Å². The van der Waals surface area contributed by atoms with Gasteiger partial charge < -0.3 is 10.1 Å². The molecule has 1 aromatic rings. The summed E-state index contributed by atoms with van der Waals surface area (Å²) < 4.78 is 5.36. The van der Waals surface area contributed by atoms with Gasteiger partial charge in [-0.25, -0.2) is 9.97 Å². The number of hydrogen-bond donors (Lipinski definition) is 1. The predicted octanol–water partition coefficient (Wildman–Crippen LogP) is 1.31. The van der Waals surface area contributed by atoms with Crippen LogP contribution in [0.15, 0.2) is 18.6 Å². The number of nitrogens with zero attached hydrogens (tertiary/aromatic N) is 2. The molecule has 13 heavy (non-hydrogen) atoms. The van der Waals surface area contributed by atoms with E-state index in [0.717, 1.165) is 12.4 Å². The highest BCUT2D eigenvalue weighted by molar-refractivity contribution is 5.31. The Morgan fingerprint density at radius 2 is 2.38 bits per heavy atom. The molecule has 0 saturated carbocycles. The molecule has 1 aromatic heterocycles. The summed E-state index contributed by atoms with van der Waals surface area (Å²) in [6.07, 6.45) is 3.51. The molecule has 0 unspecified atom stereocenters. The van der Waals surface area contributed by atoms with E-state index in [2.05, 4.69) is 15.3 Å². The third-order valence-electron chi connectivity index (χ3n) is 1.44. The Morgan fingerprint density at radius 1 is 1.54 bits per heavy atom. The Morgan fingerprint density at radius 3 is 3.00 bits per heavy atom. The number of anilines is 1. The molecule has 1 rings (SSSR count). The first-order valence-electron chi connectivity index (χ1n) is 4.40. The topological polar surface area (TPSA) is 47.0 Å². The Kier molecular flexibility index (Phi) is 4.18. The lowest BCUT2D eigenvalue weighted by atomic mass is 10.5. The standard InChI is InChI=1S/C9H15N3O/c1-8(2)13-6-5-11-9-3-4-10-7-12-9/h3-4,7-8H,5-6H2,1-2H3,(H,10,11,12). The highest BCUT2D eigenvalue weighted by Gasteiger charge is 1.93. The first-order chi connectivity index (χ1) is 6.29. The van der Waals surface area contributed by atoms with Crippen molar-refractivity contribution >= 4 is 5.82 Å². The fourth-order valence-corrected chi connectivity index (χ4v) is 0.869.